The van der Waals surface area contributed by atoms with Crippen molar-refractivity contribution in [3.05, 3.63) is 36.0 Å². The second-order valence-electron chi connectivity index (χ2n) is 5.96. The number of ether oxygens (including phenoxy) is 1. The Morgan fingerprint density at radius 2 is 2.19 bits per heavy atom. The number of hydrogen-bond acceptors (Lipinski definition) is 5. The van der Waals surface area contributed by atoms with E-state index >= 15 is 0 Å². The van der Waals surface area contributed by atoms with E-state index < -0.39 is 12.3 Å². The van der Waals surface area contributed by atoms with E-state index in [1.165, 1.54) is 18.3 Å². The number of benzene rings is 1. The molecule has 9 heteroatoms. The number of halogens is 2. The van der Waals surface area contributed by atoms with Gasteiger partial charge in [-0.15, -0.1) is 12.3 Å². The lowest BCUT2D eigenvalue weighted by atomic mass is 10.0. The topological polar surface area (TPSA) is 91.7 Å². The first kappa shape index (κ1) is 18.5. The molecule has 0 spiro atoms. The second kappa shape index (κ2) is 7.95. The molecule has 3 rings (SSSR count). The zero-order valence-corrected chi connectivity index (χ0v) is 14.3. The van der Waals surface area contributed by atoms with Crippen LogP contribution in [0.15, 0.2) is 40.7 Å². The highest BCUT2D eigenvalue weighted by molar-refractivity contribution is 5.99. The Morgan fingerprint density at radius 3 is 2.89 bits per heavy atom. The molecule has 2 N–H and O–H groups in total. The van der Waals surface area contributed by atoms with Gasteiger partial charge in [-0.05, 0) is 12.1 Å². The van der Waals surface area contributed by atoms with E-state index in [-0.39, 0.29) is 11.7 Å². The number of aromatic amines is 1. The van der Waals surface area contributed by atoms with Crippen LogP contribution in [0.2, 0.25) is 0 Å². The fraction of sp³-hybridized carbons (Fsp3) is 0.333. The molecule has 0 atom stereocenters. The van der Waals surface area contributed by atoms with Gasteiger partial charge in [0.1, 0.15) is 5.75 Å². The number of amides is 1. The number of H-pyrrole nitrogens is 1. The maximum Gasteiger partial charge on any atom is 0.387 e. The third-order valence-electron chi connectivity index (χ3n) is 4.10. The summed E-state index contributed by atoms with van der Waals surface area (Å²) in [4.78, 5) is 12.5. The molecular formula is C18H17F2N5O2. The van der Waals surface area contributed by atoms with Crippen LogP contribution >= 0.6 is 0 Å². The van der Waals surface area contributed by atoms with E-state index in [9.17, 15) is 13.6 Å². The lowest BCUT2D eigenvalue weighted by Gasteiger charge is -2.10. The molecule has 1 aromatic carbocycles. The van der Waals surface area contributed by atoms with Crippen molar-refractivity contribution in [3.8, 4) is 29.4 Å². The molecule has 27 heavy (non-hydrogen) atoms. The highest BCUT2D eigenvalue weighted by Gasteiger charge is 2.38. The lowest BCUT2D eigenvalue weighted by molar-refractivity contribution is -0.0498. The molecule has 0 bridgehead atoms. The van der Waals surface area contributed by atoms with Crippen LogP contribution < -0.4 is 10.1 Å². The van der Waals surface area contributed by atoms with Crippen LogP contribution in [0.1, 0.15) is 29.6 Å². The van der Waals surface area contributed by atoms with Crippen molar-refractivity contribution in [2.45, 2.75) is 31.5 Å². The van der Waals surface area contributed by atoms with Crippen LogP contribution in [0.3, 0.4) is 0 Å². The van der Waals surface area contributed by atoms with E-state index in [2.05, 4.69) is 36.4 Å². The normalized spacial score (nSPS) is 14.0. The monoisotopic (exact) mass is 373 g/mol. The van der Waals surface area contributed by atoms with Gasteiger partial charge in [-0.1, -0.05) is 12.1 Å². The van der Waals surface area contributed by atoms with Crippen LogP contribution in [-0.4, -0.2) is 34.9 Å². The van der Waals surface area contributed by atoms with Crippen molar-refractivity contribution in [1.29, 1.82) is 0 Å². The average molecular weight is 373 g/mol. The van der Waals surface area contributed by atoms with Crippen molar-refractivity contribution in [3.63, 3.8) is 0 Å². The van der Waals surface area contributed by atoms with E-state index in [4.69, 9.17) is 6.42 Å². The zero-order chi connectivity index (χ0) is 19.3. The zero-order valence-electron chi connectivity index (χ0n) is 14.3. The molecule has 140 valence electrons. The van der Waals surface area contributed by atoms with Crippen molar-refractivity contribution in [1.82, 2.24) is 15.5 Å². The summed E-state index contributed by atoms with van der Waals surface area (Å²) in [5.41, 5.74) is 0.745. The Kier molecular flexibility index (Phi) is 5.45. The lowest BCUT2D eigenvalue weighted by Crippen LogP contribution is -2.28. The first-order chi connectivity index (χ1) is 13.0. The summed E-state index contributed by atoms with van der Waals surface area (Å²) in [7, 11) is 0. The Bertz CT molecular complexity index is 882. The van der Waals surface area contributed by atoms with Gasteiger partial charge in [-0.3, -0.25) is 9.89 Å². The molecule has 2 heterocycles. The molecule has 7 nitrogen and oxygen atoms in total. The number of carbonyl (C=O) groups is 1. The molecule has 2 aromatic rings. The molecule has 1 amide bonds. The quantitative estimate of drug-likeness (QED) is 0.660. The van der Waals surface area contributed by atoms with E-state index in [1.807, 2.05) is 0 Å². The summed E-state index contributed by atoms with van der Waals surface area (Å²) in [5, 5.41) is 17.4. The second-order valence-corrected chi connectivity index (χ2v) is 5.96. The number of aromatic nitrogens is 2. The van der Waals surface area contributed by atoms with Crippen LogP contribution in [0.25, 0.3) is 11.3 Å². The van der Waals surface area contributed by atoms with E-state index in [0.29, 0.717) is 42.6 Å². The van der Waals surface area contributed by atoms with Crippen LogP contribution in [0.4, 0.5) is 8.78 Å². The van der Waals surface area contributed by atoms with Gasteiger partial charge in [0.05, 0.1) is 17.5 Å². The van der Waals surface area contributed by atoms with E-state index in [0.717, 1.165) is 0 Å². The van der Waals surface area contributed by atoms with Crippen molar-refractivity contribution >= 4 is 5.91 Å². The molecule has 0 unspecified atom stereocenters. The Hall–Kier alpha value is -3.28. The Labute approximate surface area is 154 Å². The van der Waals surface area contributed by atoms with Gasteiger partial charge < -0.3 is 10.1 Å². The fourth-order valence-electron chi connectivity index (χ4n) is 2.65. The van der Waals surface area contributed by atoms with Gasteiger partial charge in [0.15, 0.2) is 5.66 Å². The maximum absolute atomic E-state index is 12.5. The molecular weight excluding hydrogens is 356 g/mol. The molecule has 1 aliphatic rings. The van der Waals surface area contributed by atoms with Crippen LogP contribution in [-0.2, 0) is 0 Å². The van der Waals surface area contributed by atoms with Crippen molar-refractivity contribution < 1.29 is 18.3 Å². The SMILES string of the molecule is C#CCCC1(CCNC(=O)c2cn[nH]c2-c2cccc(OC(F)F)c2)N=N1. The third-order valence-corrected chi connectivity index (χ3v) is 4.10. The van der Waals surface area contributed by atoms with Crippen molar-refractivity contribution in [2.75, 3.05) is 6.54 Å². The number of alkyl halides is 2. The smallest absolute Gasteiger partial charge is 0.387 e. The fourth-order valence-corrected chi connectivity index (χ4v) is 2.65. The summed E-state index contributed by atoms with van der Waals surface area (Å²) in [5.74, 6) is 2.21. The number of carbonyl (C=O) groups excluding carboxylic acids is 1. The predicted octanol–water partition coefficient (Wildman–Crippen LogP) is 3.37. The first-order valence-electron chi connectivity index (χ1n) is 8.27. The molecule has 0 aliphatic carbocycles. The number of rotatable bonds is 9. The molecule has 1 aromatic heterocycles. The minimum absolute atomic E-state index is 0.00382. The summed E-state index contributed by atoms with van der Waals surface area (Å²) in [6.45, 7) is -2.56. The van der Waals surface area contributed by atoms with Gasteiger partial charge in [0.25, 0.3) is 5.91 Å². The van der Waals surface area contributed by atoms with Crippen molar-refractivity contribution in [2.24, 2.45) is 10.2 Å². The van der Waals surface area contributed by atoms with E-state index in [1.54, 1.807) is 12.1 Å². The number of hydrogen-bond donors (Lipinski definition) is 2. The highest BCUT2D eigenvalue weighted by atomic mass is 19.3. The van der Waals surface area contributed by atoms with Gasteiger partial charge >= 0.3 is 6.61 Å². The minimum Gasteiger partial charge on any atom is -0.435 e. The van der Waals surface area contributed by atoms with Gasteiger partial charge in [0, 0.05) is 31.4 Å². The number of terminal acetylenes is 1. The predicted molar refractivity (Wildman–Crippen MR) is 93.3 cm³/mol. The third kappa shape index (κ3) is 4.67. The minimum atomic E-state index is -2.93. The largest absolute Gasteiger partial charge is 0.435 e. The molecule has 0 radical (unpaired) electrons. The van der Waals surface area contributed by atoms with Gasteiger partial charge in [-0.2, -0.15) is 24.1 Å². The molecule has 1 aliphatic heterocycles. The summed E-state index contributed by atoms with van der Waals surface area (Å²) < 4.78 is 29.2. The number of nitrogens with zero attached hydrogens (tertiary/aromatic N) is 3. The Morgan fingerprint density at radius 1 is 1.37 bits per heavy atom. The van der Waals surface area contributed by atoms with Crippen LogP contribution in [0.5, 0.6) is 5.75 Å². The summed E-state index contributed by atoms with van der Waals surface area (Å²) in [6.07, 6.45) is 8.42. The molecule has 0 saturated carbocycles. The molecule has 0 saturated heterocycles. The first-order valence-corrected chi connectivity index (χ1v) is 8.27. The average Bonchev–Trinajstić information content (AvgIpc) is 3.23. The highest BCUT2D eigenvalue weighted by Crippen LogP contribution is 2.36. The molecule has 0 fully saturated rings. The standard InChI is InChI=1S/C18H17F2N5O2/c1-2-3-7-18(24-25-18)8-9-21-16(26)14-11-22-23-15(14)12-5-4-6-13(10-12)27-17(19)20/h1,4-6,10-11,17H,3,7-9H2,(H,21,26)(H,22,23). The summed E-state index contributed by atoms with van der Waals surface area (Å²) >= 11 is 0. The number of nitrogens with one attached hydrogen (secondary N) is 2. The Balaban J connectivity index is 1.63. The summed E-state index contributed by atoms with van der Waals surface area (Å²) in [6, 6.07) is 6.04. The maximum atomic E-state index is 12.5. The van der Waals surface area contributed by atoms with Gasteiger partial charge in [0.2, 0.25) is 0 Å². The van der Waals surface area contributed by atoms with Gasteiger partial charge in [-0.25, -0.2) is 0 Å². The van der Waals surface area contributed by atoms with Crippen LogP contribution in [0, 0.1) is 12.3 Å².